The molecule has 0 aliphatic heterocycles. The maximum atomic E-state index is 12.6. The van der Waals surface area contributed by atoms with Crippen molar-refractivity contribution in [3.63, 3.8) is 0 Å². The highest BCUT2D eigenvalue weighted by molar-refractivity contribution is 5.77. The molecule has 166 valence electrons. The topological polar surface area (TPSA) is 89.8 Å². The zero-order valence-corrected chi connectivity index (χ0v) is 17.0. The molecular weight excluding hydrogens is 387 g/mol. The minimum atomic E-state index is -4.85. The number of unbranched alkanes of at least 4 members (excludes halogenated alkanes) is 1. The molecule has 4 N–H and O–H groups in total. The quantitative estimate of drug-likeness (QED) is 0.432. The average molecular weight is 419 g/mol. The zero-order chi connectivity index (χ0) is 22.2. The van der Waals surface area contributed by atoms with Crippen LogP contribution in [0, 0.1) is 5.92 Å². The number of amides is 1. The molecule has 0 aromatic heterocycles. The van der Waals surface area contributed by atoms with Crippen molar-refractivity contribution in [2.24, 2.45) is 5.92 Å². The van der Waals surface area contributed by atoms with Crippen molar-refractivity contribution in [1.29, 1.82) is 0 Å². The fraction of sp³-hybridized carbons (Fsp3) is 0.667. The van der Waals surface area contributed by atoms with E-state index in [4.69, 9.17) is 0 Å². The van der Waals surface area contributed by atoms with Crippen LogP contribution in [0.4, 0.5) is 13.2 Å². The van der Waals surface area contributed by atoms with Crippen LogP contribution in [-0.4, -0.2) is 51.8 Å². The number of aliphatic hydroxyl groups is 3. The summed E-state index contributed by atoms with van der Waals surface area (Å²) in [7, 11) is 0. The molecule has 5 nitrogen and oxygen atoms in total. The second-order valence-electron chi connectivity index (χ2n) is 8.04. The smallest absolute Gasteiger partial charge is 0.393 e. The number of hydrogen-bond donors (Lipinski definition) is 4. The Hall–Kier alpha value is -1.64. The Labute approximate surface area is 170 Å². The first kappa shape index (κ1) is 25.4. The summed E-state index contributed by atoms with van der Waals surface area (Å²) in [6.07, 6.45) is 1.68. The molecule has 2 unspecified atom stereocenters. The number of halogens is 3. The highest BCUT2D eigenvalue weighted by Gasteiger charge is 2.50. The third-order valence-corrected chi connectivity index (χ3v) is 5.03. The van der Waals surface area contributed by atoms with Crippen LogP contribution in [0.2, 0.25) is 0 Å². The van der Waals surface area contributed by atoms with Crippen molar-refractivity contribution in [3.05, 3.63) is 36.0 Å². The van der Waals surface area contributed by atoms with Crippen LogP contribution in [0.1, 0.15) is 52.4 Å². The van der Waals surface area contributed by atoms with Gasteiger partial charge in [0.05, 0.1) is 18.6 Å². The highest BCUT2D eigenvalue weighted by atomic mass is 19.4. The van der Waals surface area contributed by atoms with Crippen molar-refractivity contribution in [3.8, 4) is 0 Å². The first-order valence-corrected chi connectivity index (χ1v) is 9.80. The number of hydrogen-bond acceptors (Lipinski definition) is 4. The largest absolute Gasteiger partial charge is 0.417 e. The number of aliphatic hydroxyl groups excluding tert-OH is 2. The van der Waals surface area contributed by atoms with Gasteiger partial charge in [0.15, 0.2) is 5.60 Å². The summed E-state index contributed by atoms with van der Waals surface area (Å²) in [5.74, 6) is -0.743. The predicted octanol–water partition coefficient (Wildman–Crippen LogP) is 3.17. The molecule has 0 radical (unpaired) electrons. The molecule has 1 aliphatic carbocycles. The van der Waals surface area contributed by atoms with Crippen LogP contribution in [0.15, 0.2) is 36.0 Å². The predicted molar refractivity (Wildman–Crippen MR) is 105 cm³/mol. The molecule has 0 aromatic carbocycles. The summed E-state index contributed by atoms with van der Waals surface area (Å²) in [5.41, 5.74) is -1.57. The van der Waals surface area contributed by atoms with Gasteiger partial charge in [-0.05, 0) is 49.7 Å². The van der Waals surface area contributed by atoms with Gasteiger partial charge in [-0.2, -0.15) is 13.2 Å². The monoisotopic (exact) mass is 419 g/mol. The van der Waals surface area contributed by atoms with E-state index in [9.17, 15) is 33.3 Å². The average Bonchev–Trinajstić information content (AvgIpc) is 2.58. The van der Waals surface area contributed by atoms with Gasteiger partial charge in [0.2, 0.25) is 5.91 Å². The Bertz CT molecular complexity index is 626. The Kier molecular flexibility index (Phi) is 9.58. The van der Waals surface area contributed by atoms with Gasteiger partial charge in [0.25, 0.3) is 0 Å². The van der Waals surface area contributed by atoms with Crippen molar-refractivity contribution < 1.29 is 33.3 Å². The lowest BCUT2D eigenvalue weighted by atomic mass is 9.86. The fourth-order valence-corrected chi connectivity index (χ4v) is 2.99. The molecule has 0 heterocycles. The van der Waals surface area contributed by atoms with E-state index in [1.165, 1.54) is 0 Å². The van der Waals surface area contributed by atoms with E-state index in [2.05, 4.69) is 11.9 Å². The molecule has 1 saturated carbocycles. The summed E-state index contributed by atoms with van der Waals surface area (Å²) in [5, 5.41) is 31.2. The van der Waals surface area contributed by atoms with Gasteiger partial charge < -0.3 is 20.6 Å². The van der Waals surface area contributed by atoms with Crippen molar-refractivity contribution >= 4 is 5.91 Å². The van der Waals surface area contributed by atoms with Gasteiger partial charge in [-0.3, -0.25) is 4.79 Å². The minimum Gasteiger partial charge on any atom is -0.393 e. The molecular formula is C21H32F3NO4. The van der Waals surface area contributed by atoms with Crippen molar-refractivity contribution in [2.75, 3.05) is 6.54 Å². The summed E-state index contributed by atoms with van der Waals surface area (Å²) in [4.78, 5) is 11.6. The van der Waals surface area contributed by atoms with E-state index >= 15 is 0 Å². The normalized spacial score (nSPS) is 25.2. The van der Waals surface area contributed by atoms with Gasteiger partial charge in [-0.1, -0.05) is 31.7 Å². The van der Waals surface area contributed by atoms with Crippen LogP contribution in [0.25, 0.3) is 0 Å². The third kappa shape index (κ3) is 8.72. The molecule has 8 heteroatoms. The number of rotatable bonds is 9. The standard InChI is InChI=1S/C21H32F3NO4/c1-14(13-25-19(28)12-20(3,29)21(22,23)24)8-6-4-5-7-9-16-10-17(26)11-18(27)15(16)2/h5,7,9,14,17-18,26-27,29H,2,4,6,8,10-13H2,1,3H3,(H,25,28)/t14?,17-,18+,20?/m1/s1. The maximum absolute atomic E-state index is 12.6. The molecule has 0 saturated heterocycles. The second kappa shape index (κ2) is 10.9. The number of alkyl halides is 3. The van der Waals surface area contributed by atoms with Gasteiger partial charge in [0.1, 0.15) is 0 Å². The van der Waals surface area contributed by atoms with E-state index in [-0.39, 0.29) is 12.5 Å². The molecule has 0 aromatic rings. The first-order valence-electron chi connectivity index (χ1n) is 9.80. The van der Waals surface area contributed by atoms with E-state index in [0.29, 0.717) is 25.3 Å². The van der Waals surface area contributed by atoms with Crippen LogP contribution in [-0.2, 0) is 4.79 Å². The van der Waals surface area contributed by atoms with Crippen LogP contribution >= 0.6 is 0 Å². The molecule has 1 fully saturated rings. The number of carbonyl (C=O) groups is 1. The lowest BCUT2D eigenvalue weighted by Crippen LogP contribution is -2.46. The fourth-order valence-electron chi connectivity index (χ4n) is 2.99. The minimum absolute atomic E-state index is 0.0879. The molecule has 29 heavy (non-hydrogen) atoms. The molecule has 1 rings (SSSR count). The summed E-state index contributed by atoms with van der Waals surface area (Å²) < 4.78 is 37.7. The molecule has 0 spiro atoms. The first-order chi connectivity index (χ1) is 13.3. The van der Waals surface area contributed by atoms with Crippen LogP contribution in [0.3, 0.4) is 0 Å². The summed E-state index contributed by atoms with van der Waals surface area (Å²) in [6, 6.07) is 0. The molecule has 1 aliphatic rings. The van der Waals surface area contributed by atoms with Crippen LogP contribution < -0.4 is 5.32 Å². The Balaban J connectivity index is 2.28. The number of carbonyl (C=O) groups excluding carboxylic acids is 1. The Morgan fingerprint density at radius 2 is 2.03 bits per heavy atom. The molecule has 1 amide bonds. The Morgan fingerprint density at radius 1 is 1.38 bits per heavy atom. The van der Waals surface area contributed by atoms with E-state index in [1.54, 1.807) is 0 Å². The van der Waals surface area contributed by atoms with Gasteiger partial charge >= 0.3 is 6.18 Å². The lowest BCUT2D eigenvalue weighted by molar-refractivity contribution is -0.253. The SMILES string of the molecule is C=C1C(=CC=CCCCC(C)CNC(=O)CC(C)(O)C(F)(F)F)C[C@@H](O)C[C@@H]1O. The summed E-state index contributed by atoms with van der Waals surface area (Å²) in [6.45, 7) is 6.57. The number of nitrogens with one attached hydrogen (secondary N) is 1. The Morgan fingerprint density at radius 3 is 2.66 bits per heavy atom. The van der Waals surface area contributed by atoms with Gasteiger partial charge in [-0.25, -0.2) is 0 Å². The van der Waals surface area contributed by atoms with E-state index < -0.39 is 36.3 Å². The van der Waals surface area contributed by atoms with Crippen LogP contribution in [0.5, 0.6) is 0 Å². The second-order valence-corrected chi connectivity index (χ2v) is 8.04. The van der Waals surface area contributed by atoms with E-state index in [1.807, 2.05) is 25.2 Å². The van der Waals surface area contributed by atoms with E-state index in [0.717, 1.165) is 24.8 Å². The van der Waals surface area contributed by atoms with Crippen molar-refractivity contribution in [2.45, 2.75) is 76.4 Å². The molecule has 0 bridgehead atoms. The summed E-state index contributed by atoms with van der Waals surface area (Å²) >= 11 is 0. The van der Waals surface area contributed by atoms with Gasteiger partial charge in [-0.15, -0.1) is 0 Å². The lowest BCUT2D eigenvalue weighted by Gasteiger charge is -2.26. The number of allylic oxidation sites excluding steroid dienone is 3. The van der Waals surface area contributed by atoms with Gasteiger partial charge in [0, 0.05) is 13.0 Å². The van der Waals surface area contributed by atoms with Crippen molar-refractivity contribution in [1.82, 2.24) is 5.32 Å². The third-order valence-electron chi connectivity index (χ3n) is 5.03. The maximum Gasteiger partial charge on any atom is 0.417 e. The highest BCUT2D eigenvalue weighted by Crippen LogP contribution is 2.32. The zero-order valence-electron chi connectivity index (χ0n) is 17.0. The molecule has 4 atom stereocenters.